The maximum atomic E-state index is 13.9. The SMILES string of the molecule is Cc1ccc(N2C(=O)NC(=O)[C@]3(Cc4c(ccc5ccccc45)N(C)C3)C2=O)c(C)c1. The number of urea groups is 1. The highest BCUT2D eigenvalue weighted by Gasteiger charge is 2.57. The van der Waals surface area contributed by atoms with Gasteiger partial charge in [-0.15, -0.1) is 0 Å². The first-order valence-electron chi connectivity index (χ1n) is 10.3. The summed E-state index contributed by atoms with van der Waals surface area (Å²) in [7, 11) is 1.88. The van der Waals surface area contributed by atoms with Crippen LogP contribution in [-0.4, -0.2) is 31.4 Å². The molecule has 3 aromatic carbocycles. The van der Waals surface area contributed by atoms with E-state index in [0.717, 1.165) is 38.1 Å². The van der Waals surface area contributed by atoms with Gasteiger partial charge in [0.1, 0.15) is 0 Å². The molecular formula is C25H23N3O3. The Labute approximate surface area is 180 Å². The van der Waals surface area contributed by atoms with Crippen LogP contribution in [0.2, 0.25) is 0 Å². The predicted octanol–water partition coefficient (Wildman–Crippen LogP) is 3.72. The molecule has 4 amide bonds. The van der Waals surface area contributed by atoms with Crippen molar-refractivity contribution in [3.05, 3.63) is 71.3 Å². The van der Waals surface area contributed by atoms with Gasteiger partial charge < -0.3 is 4.90 Å². The fourth-order valence-corrected chi connectivity index (χ4v) is 4.96. The van der Waals surface area contributed by atoms with Crippen molar-refractivity contribution in [1.82, 2.24) is 5.32 Å². The van der Waals surface area contributed by atoms with Crippen molar-refractivity contribution in [3.63, 3.8) is 0 Å². The van der Waals surface area contributed by atoms with Crippen LogP contribution in [0.25, 0.3) is 10.8 Å². The number of barbiturate groups is 1. The molecule has 0 radical (unpaired) electrons. The average Bonchev–Trinajstić information content (AvgIpc) is 2.74. The van der Waals surface area contributed by atoms with Crippen molar-refractivity contribution in [1.29, 1.82) is 0 Å². The summed E-state index contributed by atoms with van der Waals surface area (Å²) in [4.78, 5) is 42.9. The lowest BCUT2D eigenvalue weighted by atomic mass is 9.73. The molecule has 3 aromatic rings. The third kappa shape index (κ3) is 2.75. The predicted molar refractivity (Wildman–Crippen MR) is 120 cm³/mol. The minimum absolute atomic E-state index is 0.206. The molecule has 6 nitrogen and oxygen atoms in total. The Hall–Kier alpha value is -3.67. The zero-order valence-corrected chi connectivity index (χ0v) is 17.7. The van der Waals surface area contributed by atoms with E-state index in [9.17, 15) is 14.4 Å². The van der Waals surface area contributed by atoms with Crippen LogP contribution in [0.3, 0.4) is 0 Å². The first-order valence-corrected chi connectivity index (χ1v) is 10.3. The molecule has 1 saturated heterocycles. The number of amides is 4. The minimum Gasteiger partial charge on any atom is -0.373 e. The van der Waals surface area contributed by atoms with Gasteiger partial charge in [0, 0.05) is 25.7 Å². The molecule has 2 aliphatic rings. The number of anilines is 2. The molecule has 0 saturated carbocycles. The summed E-state index contributed by atoms with van der Waals surface area (Å²) in [6, 6.07) is 16.9. The Morgan fingerprint density at radius 1 is 0.935 bits per heavy atom. The van der Waals surface area contributed by atoms with Gasteiger partial charge in [0.05, 0.1) is 5.69 Å². The molecule has 0 unspecified atom stereocenters. The van der Waals surface area contributed by atoms with Gasteiger partial charge in [0.25, 0.3) is 5.91 Å². The molecule has 1 atom stereocenters. The fraction of sp³-hybridized carbons (Fsp3) is 0.240. The normalized spacial score (nSPS) is 20.9. The quantitative estimate of drug-likeness (QED) is 0.618. The molecule has 0 bridgehead atoms. The van der Waals surface area contributed by atoms with Crippen molar-refractivity contribution >= 4 is 40.0 Å². The molecule has 1 spiro atoms. The van der Waals surface area contributed by atoms with Crippen molar-refractivity contribution in [2.45, 2.75) is 20.3 Å². The number of rotatable bonds is 1. The molecule has 0 aliphatic carbocycles. The monoisotopic (exact) mass is 413 g/mol. The van der Waals surface area contributed by atoms with E-state index in [4.69, 9.17) is 0 Å². The third-order valence-corrected chi connectivity index (χ3v) is 6.48. The van der Waals surface area contributed by atoms with Crippen LogP contribution < -0.4 is 15.1 Å². The third-order valence-electron chi connectivity index (χ3n) is 6.48. The highest BCUT2D eigenvalue weighted by atomic mass is 16.2. The molecule has 156 valence electrons. The van der Waals surface area contributed by atoms with Crippen molar-refractivity contribution in [3.8, 4) is 0 Å². The number of aryl methyl sites for hydroxylation is 2. The maximum Gasteiger partial charge on any atom is 0.335 e. The summed E-state index contributed by atoms with van der Waals surface area (Å²) in [5, 5.41) is 4.53. The molecule has 0 aromatic heterocycles. The number of imide groups is 2. The van der Waals surface area contributed by atoms with E-state index >= 15 is 0 Å². The van der Waals surface area contributed by atoms with E-state index in [-0.39, 0.29) is 13.0 Å². The molecular weight excluding hydrogens is 390 g/mol. The average molecular weight is 413 g/mol. The van der Waals surface area contributed by atoms with E-state index in [0.29, 0.717) is 5.69 Å². The van der Waals surface area contributed by atoms with Gasteiger partial charge in [0.15, 0.2) is 5.41 Å². The van der Waals surface area contributed by atoms with Gasteiger partial charge in [-0.2, -0.15) is 0 Å². The number of carbonyl (C=O) groups is 3. The van der Waals surface area contributed by atoms with E-state index in [1.54, 1.807) is 6.07 Å². The molecule has 1 fully saturated rings. The first-order chi connectivity index (χ1) is 14.8. The van der Waals surface area contributed by atoms with E-state index in [2.05, 4.69) is 11.4 Å². The van der Waals surface area contributed by atoms with Gasteiger partial charge in [-0.25, -0.2) is 9.69 Å². The van der Waals surface area contributed by atoms with Crippen LogP contribution >= 0.6 is 0 Å². The second kappa shape index (κ2) is 6.67. The van der Waals surface area contributed by atoms with E-state index in [1.165, 1.54) is 0 Å². The Morgan fingerprint density at radius 3 is 2.45 bits per heavy atom. The van der Waals surface area contributed by atoms with Gasteiger partial charge in [-0.3, -0.25) is 14.9 Å². The Bertz CT molecular complexity index is 1280. The number of nitrogens with one attached hydrogen (secondary N) is 1. The highest BCUT2D eigenvalue weighted by molar-refractivity contribution is 6.30. The van der Waals surface area contributed by atoms with Crippen LogP contribution in [0.4, 0.5) is 16.2 Å². The first kappa shape index (κ1) is 19.3. The van der Waals surface area contributed by atoms with Gasteiger partial charge >= 0.3 is 6.03 Å². The molecule has 6 heteroatoms. The van der Waals surface area contributed by atoms with Crippen molar-refractivity contribution in [2.24, 2.45) is 5.41 Å². The van der Waals surface area contributed by atoms with Crippen LogP contribution in [0, 0.1) is 19.3 Å². The summed E-state index contributed by atoms with van der Waals surface area (Å²) < 4.78 is 0. The zero-order chi connectivity index (χ0) is 21.9. The highest BCUT2D eigenvalue weighted by Crippen LogP contribution is 2.43. The Kier molecular flexibility index (Phi) is 4.15. The number of hydrogen-bond donors (Lipinski definition) is 1. The molecule has 31 heavy (non-hydrogen) atoms. The molecule has 2 heterocycles. The Balaban J connectivity index is 1.66. The summed E-state index contributed by atoms with van der Waals surface area (Å²) >= 11 is 0. The molecule has 5 rings (SSSR count). The van der Waals surface area contributed by atoms with E-state index in [1.807, 2.05) is 68.3 Å². The lowest BCUT2D eigenvalue weighted by Gasteiger charge is -2.45. The summed E-state index contributed by atoms with van der Waals surface area (Å²) in [6.45, 7) is 4.03. The van der Waals surface area contributed by atoms with Gasteiger partial charge in [0.2, 0.25) is 5.91 Å². The number of carbonyl (C=O) groups excluding carboxylic acids is 3. The number of benzene rings is 3. The van der Waals surface area contributed by atoms with Crippen molar-refractivity contribution < 1.29 is 14.4 Å². The summed E-state index contributed by atoms with van der Waals surface area (Å²) in [5.74, 6) is -1.01. The maximum absolute atomic E-state index is 13.9. The molecule has 1 N–H and O–H groups in total. The summed E-state index contributed by atoms with van der Waals surface area (Å²) in [6.07, 6.45) is 0.243. The topological polar surface area (TPSA) is 69.7 Å². The fourth-order valence-electron chi connectivity index (χ4n) is 4.96. The van der Waals surface area contributed by atoms with Crippen LogP contribution in [0.15, 0.2) is 54.6 Å². The number of nitrogens with zero attached hydrogens (tertiary/aromatic N) is 2. The zero-order valence-electron chi connectivity index (χ0n) is 17.7. The summed E-state index contributed by atoms with van der Waals surface area (Å²) in [5.41, 5.74) is 2.92. The second-order valence-electron chi connectivity index (χ2n) is 8.59. The van der Waals surface area contributed by atoms with Crippen LogP contribution in [-0.2, 0) is 16.0 Å². The van der Waals surface area contributed by atoms with Crippen molar-refractivity contribution in [2.75, 3.05) is 23.4 Å². The standard InChI is InChI=1S/C25H23N3O3/c1-15-8-10-20(16(2)12-15)28-23(30)25(22(29)26-24(28)31)13-19-18-7-5-4-6-17(18)9-11-21(19)27(3)14-25/h4-12H,13-14H2,1-3H3,(H,26,29,31)/t25-/m1/s1. The lowest BCUT2D eigenvalue weighted by molar-refractivity contribution is -0.142. The number of fused-ring (bicyclic) bond motifs is 3. The molecule has 2 aliphatic heterocycles. The van der Waals surface area contributed by atoms with Gasteiger partial charge in [-0.1, -0.05) is 48.0 Å². The van der Waals surface area contributed by atoms with Crippen LogP contribution in [0.1, 0.15) is 16.7 Å². The van der Waals surface area contributed by atoms with E-state index < -0.39 is 23.3 Å². The smallest absolute Gasteiger partial charge is 0.335 e. The lowest BCUT2D eigenvalue weighted by Crippen LogP contribution is -2.68. The largest absolute Gasteiger partial charge is 0.373 e. The Morgan fingerprint density at radius 2 is 1.68 bits per heavy atom. The minimum atomic E-state index is -1.38. The van der Waals surface area contributed by atoms with Gasteiger partial charge in [-0.05, 0) is 47.9 Å². The second-order valence-corrected chi connectivity index (χ2v) is 8.59. The number of hydrogen-bond acceptors (Lipinski definition) is 4. The van der Waals surface area contributed by atoms with Crippen LogP contribution in [0.5, 0.6) is 0 Å².